The zero-order valence-corrected chi connectivity index (χ0v) is 11.6. The van der Waals surface area contributed by atoms with Crippen molar-refractivity contribution in [3.63, 3.8) is 0 Å². The maximum Gasteiger partial charge on any atom is 0.0624 e. The summed E-state index contributed by atoms with van der Waals surface area (Å²) in [6.45, 7) is 6.48. The molecular formula is C12H20ClNOS. The smallest absolute Gasteiger partial charge is 0.0624 e. The van der Waals surface area contributed by atoms with Crippen molar-refractivity contribution in [2.24, 2.45) is 5.73 Å². The summed E-state index contributed by atoms with van der Waals surface area (Å²) in [5.74, 6) is 0. The number of hydrogen-bond acceptors (Lipinski definition) is 3. The van der Waals surface area contributed by atoms with Crippen LogP contribution >= 0.6 is 24.2 Å². The maximum atomic E-state index is 9.08. The van der Waals surface area contributed by atoms with Crippen molar-refractivity contribution in [1.29, 1.82) is 0 Å². The highest BCUT2D eigenvalue weighted by molar-refractivity contribution is 8.00. The quantitative estimate of drug-likeness (QED) is 0.823. The van der Waals surface area contributed by atoms with E-state index in [0.29, 0.717) is 0 Å². The van der Waals surface area contributed by atoms with Crippen LogP contribution in [0.15, 0.2) is 29.2 Å². The molecule has 1 aromatic carbocycles. The largest absolute Gasteiger partial charge is 0.394 e. The molecule has 1 aromatic rings. The van der Waals surface area contributed by atoms with Crippen LogP contribution in [0.5, 0.6) is 0 Å². The molecule has 0 aliphatic rings. The summed E-state index contributed by atoms with van der Waals surface area (Å²) in [5, 5.41) is 9.08. The van der Waals surface area contributed by atoms with Gasteiger partial charge in [0, 0.05) is 9.64 Å². The second kappa shape index (κ2) is 6.50. The van der Waals surface area contributed by atoms with Gasteiger partial charge in [-0.25, -0.2) is 0 Å². The van der Waals surface area contributed by atoms with Gasteiger partial charge >= 0.3 is 0 Å². The first-order valence-electron chi connectivity index (χ1n) is 5.08. The fraction of sp³-hybridized carbons (Fsp3) is 0.500. The highest BCUT2D eigenvalue weighted by atomic mass is 35.5. The Morgan fingerprint density at radius 1 is 1.31 bits per heavy atom. The topological polar surface area (TPSA) is 46.2 Å². The molecule has 3 N–H and O–H groups in total. The van der Waals surface area contributed by atoms with Gasteiger partial charge < -0.3 is 10.8 Å². The molecule has 2 nitrogen and oxygen atoms in total. The van der Waals surface area contributed by atoms with E-state index >= 15 is 0 Å². The summed E-state index contributed by atoms with van der Waals surface area (Å²) in [6, 6.07) is 7.71. The lowest BCUT2D eigenvalue weighted by atomic mass is 10.1. The summed E-state index contributed by atoms with van der Waals surface area (Å²) in [7, 11) is 0. The van der Waals surface area contributed by atoms with E-state index in [9.17, 15) is 0 Å². The minimum absolute atomic E-state index is 0. The van der Waals surface area contributed by atoms with E-state index in [1.807, 2.05) is 18.2 Å². The van der Waals surface area contributed by atoms with Crippen LogP contribution in [0.2, 0.25) is 0 Å². The van der Waals surface area contributed by atoms with Gasteiger partial charge in [0.15, 0.2) is 0 Å². The number of aliphatic hydroxyl groups excluding tert-OH is 1. The molecule has 0 aliphatic carbocycles. The molecule has 1 rings (SSSR count). The molecule has 0 radical (unpaired) electrons. The van der Waals surface area contributed by atoms with Gasteiger partial charge in [-0.15, -0.1) is 24.2 Å². The second-order valence-electron chi connectivity index (χ2n) is 4.54. The first-order chi connectivity index (χ1) is 6.94. The van der Waals surface area contributed by atoms with Crippen LogP contribution < -0.4 is 5.73 Å². The van der Waals surface area contributed by atoms with Gasteiger partial charge in [0.2, 0.25) is 0 Å². The molecular weight excluding hydrogens is 242 g/mol. The summed E-state index contributed by atoms with van der Waals surface area (Å²) >= 11 is 1.78. The highest BCUT2D eigenvalue weighted by Crippen LogP contribution is 2.35. The van der Waals surface area contributed by atoms with Gasteiger partial charge in [-0.05, 0) is 11.6 Å². The molecule has 92 valence electrons. The van der Waals surface area contributed by atoms with E-state index in [0.717, 1.165) is 10.5 Å². The lowest BCUT2D eigenvalue weighted by molar-refractivity contribution is 0.266. The molecule has 0 aromatic heterocycles. The third kappa shape index (κ3) is 4.74. The van der Waals surface area contributed by atoms with Crippen molar-refractivity contribution in [3.8, 4) is 0 Å². The minimum Gasteiger partial charge on any atom is -0.394 e. The predicted octanol–water partition coefficient (Wildman–Crippen LogP) is 2.99. The molecule has 0 fully saturated rings. The normalized spacial score (nSPS) is 13.1. The molecule has 0 amide bonds. The zero-order chi connectivity index (χ0) is 11.5. The lowest BCUT2D eigenvalue weighted by Gasteiger charge is -2.21. The molecule has 4 heteroatoms. The van der Waals surface area contributed by atoms with Gasteiger partial charge in [-0.3, -0.25) is 0 Å². The summed E-state index contributed by atoms with van der Waals surface area (Å²) in [6.07, 6.45) is 0. The van der Waals surface area contributed by atoms with E-state index in [4.69, 9.17) is 10.8 Å². The Morgan fingerprint density at radius 2 is 1.88 bits per heavy atom. The van der Waals surface area contributed by atoms with E-state index in [-0.39, 0.29) is 29.8 Å². The van der Waals surface area contributed by atoms with Gasteiger partial charge in [-0.2, -0.15) is 0 Å². The van der Waals surface area contributed by atoms with Crippen LogP contribution in [-0.4, -0.2) is 16.5 Å². The van der Waals surface area contributed by atoms with Crippen LogP contribution in [0.1, 0.15) is 32.4 Å². The monoisotopic (exact) mass is 261 g/mol. The van der Waals surface area contributed by atoms with E-state index in [1.54, 1.807) is 11.8 Å². The first-order valence-corrected chi connectivity index (χ1v) is 5.90. The SMILES string of the molecule is CC(C)(C)Sc1ccccc1[C@@H](N)CO.Cl. The van der Waals surface area contributed by atoms with Crippen molar-refractivity contribution in [1.82, 2.24) is 0 Å². The van der Waals surface area contributed by atoms with Crippen LogP contribution in [0.25, 0.3) is 0 Å². The number of benzene rings is 1. The summed E-state index contributed by atoms with van der Waals surface area (Å²) < 4.78 is 0.158. The van der Waals surface area contributed by atoms with Crippen molar-refractivity contribution < 1.29 is 5.11 Å². The molecule has 0 bridgehead atoms. The number of aliphatic hydroxyl groups is 1. The Kier molecular flexibility index (Phi) is 6.41. The Labute approximate surface area is 108 Å². The number of hydrogen-bond donors (Lipinski definition) is 2. The Bertz CT molecular complexity index is 325. The van der Waals surface area contributed by atoms with E-state index in [1.165, 1.54) is 0 Å². The average molecular weight is 262 g/mol. The summed E-state index contributed by atoms with van der Waals surface area (Å²) in [5.41, 5.74) is 6.88. The first kappa shape index (κ1) is 15.8. The summed E-state index contributed by atoms with van der Waals surface area (Å²) in [4.78, 5) is 1.16. The van der Waals surface area contributed by atoms with Crippen LogP contribution in [0.3, 0.4) is 0 Å². The third-order valence-electron chi connectivity index (χ3n) is 1.93. The number of rotatable bonds is 3. The second-order valence-corrected chi connectivity index (χ2v) is 6.41. The van der Waals surface area contributed by atoms with E-state index in [2.05, 4.69) is 26.8 Å². The maximum absolute atomic E-state index is 9.08. The van der Waals surface area contributed by atoms with Crippen molar-refractivity contribution in [2.45, 2.75) is 36.5 Å². The van der Waals surface area contributed by atoms with Gasteiger partial charge in [0.25, 0.3) is 0 Å². The number of halogens is 1. The molecule has 0 saturated carbocycles. The third-order valence-corrected chi connectivity index (χ3v) is 3.14. The lowest BCUT2D eigenvalue weighted by Crippen LogP contribution is -2.16. The van der Waals surface area contributed by atoms with Crippen LogP contribution in [0.4, 0.5) is 0 Å². The Balaban J connectivity index is 0.00000225. The number of nitrogens with two attached hydrogens (primary N) is 1. The van der Waals surface area contributed by atoms with Crippen molar-refractivity contribution in [2.75, 3.05) is 6.61 Å². The van der Waals surface area contributed by atoms with Crippen LogP contribution in [0, 0.1) is 0 Å². The highest BCUT2D eigenvalue weighted by Gasteiger charge is 2.16. The minimum atomic E-state index is -0.281. The van der Waals surface area contributed by atoms with Crippen molar-refractivity contribution >= 4 is 24.2 Å². The predicted molar refractivity (Wildman–Crippen MR) is 73.3 cm³/mol. The molecule has 0 unspecified atom stereocenters. The van der Waals surface area contributed by atoms with E-state index < -0.39 is 0 Å². The Morgan fingerprint density at radius 3 is 2.38 bits per heavy atom. The molecule has 0 saturated heterocycles. The van der Waals surface area contributed by atoms with Gasteiger partial charge in [0.1, 0.15) is 0 Å². The number of thioether (sulfide) groups is 1. The zero-order valence-electron chi connectivity index (χ0n) is 9.93. The van der Waals surface area contributed by atoms with Gasteiger partial charge in [-0.1, -0.05) is 39.0 Å². The fourth-order valence-electron chi connectivity index (χ4n) is 1.31. The van der Waals surface area contributed by atoms with Crippen molar-refractivity contribution in [3.05, 3.63) is 29.8 Å². The molecule has 0 heterocycles. The molecule has 16 heavy (non-hydrogen) atoms. The molecule has 0 aliphatic heterocycles. The average Bonchev–Trinajstić information content (AvgIpc) is 2.15. The molecule has 1 atom stereocenters. The fourth-order valence-corrected chi connectivity index (χ4v) is 2.45. The standard InChI is InChI=1S/C12H19NOS.ClH/c1-12(2,3)15-11-7-5-4-6-9(11)10(13)8-14;/h4-7,10,14H,8,13H2,1-3H3;1H/t10-;/m0./s1. The Hall–Kier alpha value is -0.220. The molecule has 0 spiro atoms. The van der Waals surface area contributed by atoms with Gasteiger partial charge in [0.05, 0.1) is 12.6 Å². The van der Waals surface area contributed by atoms with Crippen LogP contribution in [-0.2, 0) is 0 Å².